The molecule has 0 amide bonds. The summed E-state index contributed by atoms with van der Waals surface area (Å²) in [5.74, 6) is -1.89. The molecule has 0 spiro atoms. The molecule has 0 bridgehead atoms. The van der Waals surface area contributed by atoms with E-state index in [1.165, 1.54) is 0 Å². The molecule has 0 atom stereocenters. The quantitative estimate of drug-likeness (QED) is 0.600. The van der Waals surface area contributed by atoms with Crippen LogP contribution in [0.25, 0.3) is 0 Å². The van der Waals surface area contributed by atoms with Crippen LogP contribution >= 0.6 is 0 Å². The van der Waals surface area contributed by atoms with Crippen molar-refractivity contribution in [3.8, 4) is 0 Å². The van der Waals surface area contributed by atoms with E-state index >= 15 is 0 Å². The highest BCUT2D eigenvalue weighted by molar-refractivity contribution is 5.41. The zero-order valence-corrected chi connectivity index (χ0v) is 11.0. The number of fused-ring (bicyclic) bond motifs is 1. The summed E-state index contributed by atoms with van der Waals surface area (Å²) in [6, 6.07) is 1.83. The third-order valence-corrected chi connectivity index (χ3v) is 3.31. The smallest absolute Gasteiger partial charge is 0.216 e. The maximum absolute atomic E-state index is 5.49. The lowest BCUT2D eigenvalue weighted by molar-refractivity contribution is -0.210. The molecule has 2 rings (SSSR count). The minimum Gasteiger partial charge on any atom is -0.346 e. The predicted octanol–water partition coefficient (Wildman–Crippen LogP) is 1.54. The van der Waals surface area contributed by atoms with Crippen molar-refractivity contribution in [2.75, 3.05) is 28.4 Å². The van der Waals surface area contributed by atoms with Crippen molar-refractivity contribution in [2.24, 2.45) is 0 Å². The number of nitrogens with zero attached hydrogens (tertiary/aromatic N) is 1. The number of hydrogen-bond donors (Lipinski definition) is 0. The normalized spacial score (nSPS) is 19.6. The van der Waals surface area contributed by atoms with Crippen LogP contribution in [0.2, 0.25) is 0 Å². The highest BCUT2D eigenvalue weighted by atomic mass is 16.7. The Kier molecular flexibility index (Phi) is 3.49. The maximum atomic E-state index is 5.49. The van der Waals surface area contributed by atoms with Gasteiger partial charge in [-0.2, -0.15) is 0 Å². The van der Waals surface area contributed by atoms with E-state index < -0.39 is 11.6 Å². The fourth-order valence-electron chi connectivity index (χ4n) is 2.25. The molecule has 0 N–H and O–H groups in total. The standard InChI is InChI=1S/C13H17NO4/c1-15-12(16-2)6-7-13(17-3,18-4)11-9-14-8-5-10(11)12/h5-9H,1-4H3. The monoisotopic (exact) mass is 251 g/mol. The Morgan fingerprint density at radius 1 is 0.833 bits per heavy atom. The molecule has 1 aliphatic carbocycles. The molecule has 0 aliphatic heterocycles. The van der Waals surface area contributed by atoms with Gasteiger partial charge in [-0.25, -0.2) is 0 Å². The largest absolute Gasteiger partial charge is 0.346 e. The van der Waals surface area contributed by atoms with E-state index in [1.807, 2.05) is 6.07 Å². The van der Waals surface area contributed by atoms with Crippen molar-refractivity contribution in [1.82, 2.24) is 4.98 Å². The second-order valence-electron chi connectivity index (χ2n) is 3.91. The summed E-state index contributed by atoms with van der Waals surface area (Å²) in [7, 11) is 6.34. The molecule has 1 aliphatic rings. The van der Waals surface area contributed by atoms with Crippen LogP contribution in [-0.2, 0) is 30.5 Å². The van der Waals surface area contributed by atoms with Crippen molar-refractivity contribution in [3.05, 3.63) is 41.7 Å². The van der Waals surface area contributed by atoms with E-state index in [9.17, 15) is 0 Å². The Labute approximate surface area is 106 Å². The Morgan fingerprint density at radius 2 is 1.33 bits per heavy atom. The summed E-state index contributed by atoms with van der Waals surface area (Å²) in [6.07, 6.45) is 6.92. The van der Waals surface area contributed by atoms with E-state index in [1.54, 1.807) is 53.0 Å². The number of ether oxygens (including phenoxy) is 4. The second kappa shape index (κ2) is 4.78. The van der Waals surface area contributed by atoms with Crippen molar-refractivity contribution < 1.29 is 18.9 Å². The summed E-state index contributed by atoms with van der Waals surface area (Å²) < 4.78 is 21.9. The highest BCUT2D eigenvalue weighted by Gasteiger charge is 2.44. The number of rotatable bonds is 4. The summed E-state index contributed by atoms with van der Waals surface area (Å²) in [5, 5.41) is 0. The average Bonchev–Trinajstić information content (AvgIpc) is 2.46. The molecule has 5 nitrogen and oxygen atoms in total. The predicted molar refractivity (Wildman–Crippen MR) is 64.8 cm³/mol. The van der Waals surface area contributed by atoms with Crippen LogP contribution in [0.3, 0.4) is 0 Å². The Bertz CT molecular complexity index is 409. The maximum Gasteiger partial charge on any atom is 0.216 e. The van der Waals surface area contributed by atoms with Crippen LogP contribution in [0.5, 0.6) is 0 Å². The van der Waals surface area contributed by atoms with Crippen molar-refractivity contribution in [3.63, 3.8) is 0 Å². The molecule has 98 valence electrons. The SMILES string of the molecule is COC1(OC)C=CC(OC)(OC)c2cnccc21. The number of pyridine rings is 1. The van der Waals surface area contributed by atoms with Gasteiger partial charge < -0.3 is 18.9 Å². The van der Waals surface area contributed by atoms with Gasteiger partial charge in [0.2, 0.25) is 11.6 Å². The van der Waals surface area contributed by atoms with Crippen LogP contribution in [0.4, 0.5) is 0 Å². The number of hydrogen-bond acceptors (Lipinski definition) is 5. The molecule has 1 aromatic heterocycles. The van der Waals surface area contributed by atoms with Gasteiger partial charge in [0.1, 0.15) is 0 Å². The van der Waals surface area contributed by atoms with Crippen LogP contribution in [-0.4, -0.2) is 33.4 Å². The summed E-state index contributed by atoms with van der Waals surface area (Å²) in [6.45, 7) is 0. The van der Waals surface area contributed by atoms with Gasteiger partial charge in [-0.1, -0.05) is 0 Å². The first-order valence-corrected chi connectivity index (χ1v) is 5.54. The minimum atomic E-state index is -0.954. The van der Waals surface area contributed by atoms with Crippen molar-refractivity contribution >= 4 is 0 Å². The molecule has 0 saturated heterocycles. The third kappa shape index (κ3) is 1.67. The summed E-state index contributed by atoms with van der Waals surface area (Å²) in [5.41, 5.74) is 1.58. The molecule has 1 heterocycles. The van der Waals surface area contributed by atoms with Crippen LogP contribution in [0, 0.1) is 0 Å². The molecule has 0 fully saturated rings. The Morgan fingerprint density at radius 3 is 1.83 bits per heavy atom. The zero-order chi connectivity index (χ0) is 13.2. The van der Waals surface area contributed by atoms with Crippen LogP contribution < -0.4 is 0 Å². The van der Waals surface area contributed by atoms with E-state index in [0.29, 0.717) is 0 Å². The topological polar surface area (TPSA) is 49.8 Å². The van der Waals surface area contributed by atoms with Gasteiger partial charge in [-0.05, 0) is 18.2 Å². The summed E-state index contributed by atoms with van der Waals surface area (Å²) >= 11 is 0. The first-order valence-electron chi connectivity index (χ1n) is 5.54. The molecular weight excluding hydrogens is 234 g/mol. The van der Waals surface area contributed by atoms with E-state index in [0.717, 1.165) is 11.1 Å². The lowest BCUT2D eigenvalue weighted by Gasteiger charge is -2.39. The number of methoxy groups -OCH3 is 4. The third-order valence-electron chi connectivity index (χ3n) is 3.31. The van der Waals surface area contributed by atoms with Gasteiger partial charge in [-0.15, -0.1) is 0 Å². The Hall–Kier alpha value is -1.27. The molecule has 18 heavy (non-hydrogen) atoms. The zero-order valence-electron chi connectivity index (χ0n) is 11.0. The van der Waals surface area contributed by atoms with E-state index in [-0.39, 0.29) is 0 Å². The van der Waals surface area contributed by atoms with Crippen molar-refractivity contribution in [2.45, 2.75) is 11.6 Å². The first kappa shape index (κ1) is 13.2. The summed E-state index contributed by atoms with van der Waals surface area (Å²) in [4.78, 5) is 4.12. The fraction of sp³-hybridized carbons (Fsp3) is 0.462. The first-order chi connectivity index (χ1) is 8.68. The van der Waals surface area contributed by atoms with Gasteiger partial charge in [0.25, 0.3) is 0 Å². The van der Waals surface area contributed by atoms with E-state index in [4.69, 9.17) is 18.9 Å². The van der Waals surface area contributed by atoms with Gasteiger partial charge in [-0.3, -0.25) is 4.98 Å². The van der Waals surface area contributed by atoms with Gasteiger partial charge >= 0.3 is 0 Å². The number of aromatic nitrogens is 1. The fourth-order valence-corrected chi connectivity index (χ4v) is 2.25. The molecule has 0 unspecified atom stereocenters. The highest BCUT2D eigenvalue weighted by Crippen LogP contribution is 2.42. The second-order valence-corrected chi connectivity index (χ2v) is 3.91. The molecular formula is C13H17NO4. The molecule has 5 heteroatoms. The van der Waals surface area contributed by atoms with Crippen molar-refractivity contribution in [1.29, 1.82) is 0 Å². The van der Waals surface area contributed by atoms with Crippen LogP contribution in [0.15, 0.2) is 30.6 Å². The lowest BCUT2D eigenvalue weighted by atomic mass is 9.89. The lowest BCUT2D eigenvalue weighted by Crippen LogP contribution is -2.40. The van der Waals surface area contributed by atoms with Gasteiger partial charge in [0.05, 0.1) is 0 Å². The molecule has 0 radical (unpaired) electrons. The minimum absolute atomic E-state index is 0.765. The van der Waals surface area contributed by atoms with Crippen LogP contribution in [0.1, 0.15) is 11.1 Å². The van der Waals surface area contributed by atoms with Gasteiger partial charge in [0.15, 0.2) is 0 Å². The Balaban J connectivity index is 2.66. The molecule has 0 saturated carbocycles. The average molecular weight is 251 g/mol. The van der Waals surface area contributed by atoms with E-state index in [2.05, 4.69) is 4.98 Å². The molecule has 0 aromatic carbocycles. The van der Waals surface area contributed by atoms with Gasteiger partial charge in [0, 0.05) is 52.0 Å². The molecule has 1 aromatic rings.